The first-order chi connectivity index (χ1) is 6.49. The van der Waals surface area contributed by atoms with Crippen LogP contribution in [0.15, 0.2) is 0 Å². The molecule has 3 N–H and O–H groups in total. The number of aliphatic hydroxyl groups excluding tert-OH is 2. The molecule has 1 saturated heterocycles. The highest BCUT2D eigenvalue weighted by Gasteiger charge is 2.45. The van der Waals surface area contributed by atoms with Gasteiger partial charge >= 0.3 is 5.97 Å². The minimum atomic E-state index is -1.44. The first kappa shape index (κ1) is 11.4. The van der Waals surface area contributed by atoms with Gasteiger partial charge < -0.3 is 24.8 Å². The van der Waals surface area contributed by atoms with E-state index in [-0.39, 0.29) is 0 Å². The molecule has 0 aliphatic carbocycles. The van der Waals surface area contributed by atoms with Crippen molar-refractivity contribution in [2.45, 2.75) is 31.5 Å². The largest absolute Gasteiger partial charge is 0.479 e. The van der Waals surface area contributed by atoms with Crippen LogP contribution < -0.4 is 0 Å². The quantitative estimate of drug-likeness (QED) is 0.525. The van der Waals surface area contributed by atoms with Gasteiger partial charge in [0.2, 0.25) is 0 Å². The number of hydrogen-bond donors (Lipinski definition) is 3. The van der Waals surface area contributed by atoms with E-state index in [9.17, 15) is 15.0 Å². The number of hydrogen-bond acceptors (Lipinski definition) is 5. The highest BCUT2D eigenvalue weighted by molar-refractivity contribution is 5.73. The fraction of sp³-hybridized carbons (Fsp3) is 0.875. The molecule has 0 bridgehead atoms. The minimum Gasteiger partial charge on any atom is -0.479 e. The smallest absolute Gasteiger partial charge is 0.335 e. The molecule has 0 spiro atoms. The van der Waals surface area contributed by atoms with E-state index in [0.717, 1.165) is 0 Å². The molecule has 0 radical (unpaired) electrons. The van der Waals surface area contributed by atoms with Crippen LogP contribution in [-0.2, 0) is 14.3 Å². The van der Waals surface area contributed by atoms with Crippen LogP contribution in [0.2, 0.25) is 0 Å². The van der Waals surface area contributed by atoms with Gasteiger partial charge in [0.05, 0.1) is 6.10 Å². The highest BCUT2D eigenvalue weighted by atomic mass is 16.7. The minimum absolute atomic E-state index is 0.467. The van der Waals surface area contributed by atoms with Gasteiger partial charge in [-0.05, 0) is 0 Å². The number of carboxylic acid groups (broad SMARTS) is 1. The van der Waals surface area contributed by atoms with Crippen molar-refractivity contribution in [1.29, 1.82) is 0 Å². The molecule has 14 heavy (non-hydrogen) atoms. The molecule has 1 aliphatic heterocycles. The standard InChI is InChI=1S/C8H14O6/c1-3-4(9)5(10)6(7(11)12)14-8(3)13-2/h3-6,8-10H,1-2H3,(H,11,12)/t3-,4?,5?,6?,8?/m0/s1. The first-order valence-corrected chi connectivity index (χ1v) is 4.26. The third kappa shape index (κ3) is 1.88. The summed E-state index contributed by atoms with van der Waals surface area (Å²) in [6, 6.07) is 0. The van der Waals surface area contributed by atoms with Gasteiger partial charge in [-0.15, -0.1) is 0 Å². The fourth-order valence-electron chi connectivity index (χ4n) is 1.47. The average Bonchev–Trinajstić information content (AvgIpc) is 2.14. The van der Waals surface area contributed by atoms with Gasteiger partial charge in [-0.1, -0.05) is 6.92 Å². The van der Waals surface area contributed by atoms with Crippen LogP contribution in [0, 0.1) is 5.92 Å². The monoisotopic (exact) mass is 206 g/mol. The molecule has 0 amide bonds. The molecule has 82 valence electrons. The lowest BCUT2D eigenvalue weighted by Gasteiger charge is -2.38. The fourth-order valence-corrected chi connectivity index (χ4v) is 1.47. The third-order valence-electron chi connectivity index (χ3n) is 2.38. The molecule has 6 heteroatoms. The van der Waals surface area contributed by atoms with Crippen molar-refractivity contribution in [3.05, 3.63) is 0 Å². The van der Waals surface area contributed by atoms with E-state index >= 15 is 0 Å². The molecule has 1 rings (SSSR count). The number of carbonyl (C=O) groups is 1. The summed E-state index contributed by atoms with van der Waals surface area (Å²) >= 11 is 0. The number of rotatable bonds is 2. The summed E-state index contributed by atoms with van der Waals surface area (Å²) < 4.78 is 9.81. The van der Waals surface area contributed by atoms with Crippen molar-refractivity contribution in [3.63, 3.8) is 0 Å². The predicted molar refractivity (Wildman–Crippen MR) is 44.5 cm³/mol. The van der Waals surface area contributed by atoms with Crippen molar-refractivity contribution in [1.82, 2.24) is 0 Å². The second-order valence-electron chi connectivity index (χ2n) is 3.34. The lowest BCUT2D eigenvalue weighted by Crippen LogP contribution is -2.56. The second-order valence-corrected chi connectivity index (χ2v) is 3.34. The summed E-state index contributed by atoms with van der Waals surface area (Å²) in [6.07, 6.45) is -4.83. The molecule has 0 aromatic heterocycles. The Bertz CT molecular complexity index is 216. The zero-order chi connectivity index (χ0) is 10.9. The number of ether oxygens (including phenoxy) is 2. The molecule has 4 unspecified atom stereocenters. The maximum Gasteiger partial charge on any atom is 0.335 e. The van der Waals surface area contributed by atoms with Gasteiger partial charge in [0.25, 0.3) is 0 Å². The normalized spacial score (nSPS) is 43.6. The zero-order valence-corrected chi connectivity index (χ0v) is 7.95. The topological polar surface area (TPSA) is 96.2 Å². The molecule has 0 aromatic carbocycles. The van der Waals surface area contributed by atoms with Crippen LogP contribution in [0.4, 0.5) is 0 Å². The van der Waals surface area contributed by atoms with Crippen LogP contribution in [0.5, 0.6) is 0 Å². The first-order valence-electron chi connectivity index (χ1n) is 4.26. The summed E-state index contributed by atoms with van der Waals surface area (Å²) in [6.45, 7) is 1.61. The SMILES string of the molecule is COC1OC(C(=O)O)C(O)C(O)[C@@H]1C. The summed E-state index contributed by atoms with van der Waals surface area (Å²) in [5.74, 6) is -1.78. The van der Waals surface area contributed by atoms with Gasteiger partial charge in [0.1, 0.15) is 6.10 Å². The molecule has 5 atom stereocenters. The molecule has 1 fully saturated rings. The Labute approximate surface area is 81.1 Å². The van der Waals surface area contributed by atoms with E-state index in [4.69, 9.17) is 14.6 Å². The van der Waals surface area contributed by atoms with Crippen LogP contribution in [0.3, 0.4) is 0 Å². The summed E-state index contributed by atoms with van der Waals surface area (Å²) in [4.78, 5) is 10.6. The maximum atomic E-state index is 10.6. The van der Waals surface area contributed by atoms with Gasteiger partial charge in [-0.3, -0.25) is 0 Å². The molecular formula is C8H14O6. The Balaban J connectivity index is 2.78. The molecule has 1 heterocycles. The van der Waals surface area contributed by atoms with E-state index in [1.165, 1.54) is 7.11 Å². The number of aliphatic hydroxyl groups is 2. The van der Waals surface area contributed by atoms with Crippen molar-refractivity contribution in [3.8, 4) is 0 Å². The zero-order valence-electron chi connectivity index (χ0n) is 7.95. The number of aliphatic carboxylic acids is 1. The molecule has 0 saturated carbocycles. The second kappa shape index (κ2) is 4.22. The van der Waals surface area contributed by atoms with E-state index < -0.39 is 36.5 Å². The van der Waals surface area contributed by atoms with Crippen LogP contribution in [0.1, 0.15) is 6.92 Å². The average molecular weight is 206 g/mol. The van der Waals surface area contributed by atoms with Crippen molar-refractivity contribution < 1.29 is 29.6 Å². The van der Waals surface area contributed by atoms with Gasteiger partial charge in [0.15, 0.2) is 12.4 Å². The van der Waals surface area contributed by atoms with Crippen LogP contribution >= 0.6 is 0 Å². The van der Waals surface area contributed by atoms with E-state index in [2.05, 4.69) is 0 Å². The molecule has 6 nitrogen and oxygen atoms in total. The maximum absolute atomic E-state index is 10.6. The summed E-state index contributed by atoms with van der Waals surface area (Å²) in [5, 5.41) is 27.5. The Morgan fingerprint density at radius 3 is 2.36 bits per heavy atom. The number of methoxy groups -OCH3 is 1. The van der Waals surface area contributed by atoms with Crippen molar-refractivity contribution >= 4 is 5.97 Å². The van der Waals surface area contributed by atoms with Gasteiger partial charge in [-0.2, -0.15) is 0 Å². The Morgan fingerprint density at radius 2 is 1.93 bits per heavy atom. The van der Waals surface area contributed by atoms with Crippen LogP contribution in [0.25, 0.3) is 0 Å². The lowest BCUT2D eigenvalue weighted by molar-refractivity contribution is -0.268. The third-order valence-corrected chi connectivity index (χ3v) is 2.38. The van der Waals surface area contributed by atoms with E-state index in [0.29, 0.717) is 0 Å². The van der Waals surface area contributed by atoms with Gasteiger partial charge in [0, 0.05) is 13.0 Å². The summed E-state index contributed by atoms with van der Waals surface area (Å²) in [7, 11) is 1.35. The van der Waals surface area contributed by atoms with Crippen LogP contribution in [-0.4, -0.2) is 53.0 Å². The highest BCUT2D eigenvalue weighted by Crippen LogP contribution is 2.26. The van der Waals surface area contributed by atoms with Gasteiger partial charge in [-0.25, -0.2) is 4.79 Å². The van der Waals surface area contributed by atoms with Crippen molar-refractivity contribution in [2.24, 2.45) is 5.92 Å². The molecule has 0 aromatic rings. The van der Waals surface area contributed by atoms with E-state index in [1.54, 1.807) is 6.92 Å². The molecule has 1 aliphatic rings. The molecular weight excluding hydrogens is 192 g/mol. The lowest BCUT2D eigenvalue weighted by atomic mass is 9.92. The predicted octanol–water partition coefficient (Wildman–Crippen LogP) is -1.20. The summed E-state index contributed by atoms with van der Waals surface area (Å²) in [5.41, 5.74) is 0. The number of carboxylic acids is 1. The Hall–Kier alpha value is -0.690. The van der Waals surface area contributed by atoms with Crippen molar-refractivity contribution in [2.75, 3.05) is 7.11 Å². The Morgan fingerprint density at radius 1 is 1.36 bits per heavy atom. The Kier molecular flexibility index (Phi) is 3.43. The van der Waals surface area contributed by atoms with E-state index in [1.807, 2.05) is 0 Å².